The average Bonchev–Trinajstić information content (AvgIpc) is 3.19. The molecule has 1 aliphatic rings. The van der Waals surface area contributed by atoms with Crippen molar-refractivity contribution in [3.8, 4) is 16.9 Å². The first-order valence-corrected chi connectivity index (χ1v) is 9.93. The summed E-state index contributed by atoms with van der Waals surface area (Å²) in [5, 5.41) is 10.8. The summed E-state index contributed by atoms with van der Waals surface area (Å²) in [7, 11) is 0. The van der Waals surface area contributed by atoms with Crippen molar-refractivity contribution >= 4 is 29.3 Å². The number of carboxylic acid groups (broad SMARTS) is 1. The number of hydrogen-bond acceptors (Lipinski definition) is 4. The Balaban J connectivity index is 2.03. The van der Waals surface area contributed by atoms with E-state index < -0.39 is 63.8 Å². The molecule has 5 nitrogen and oxygen atoms in total. The number of amides is 1. The summed E-state index contributed by atoms with van der Waals surface area (Å²) in [6, 6.07) is 3.90. The molecule has 0 fully saturated rings. The lowest BCUT2D eigenvalue weighted by molar-refractivity contribution is -0.158. The van der Waals surface area contributed by atoms with Gasteiger partial charge in [0.25, 0.3) is 5.91 Å². The number of ether oxygens (including phenoxy) is 1. The molecule has 2 aromatic rings. The second kappa shape index (κ2) is 8.77. The molecule has 0 atom stereocenters. The number of thioether (sulfide) groups is 1. The lowest BCUT2D eigenvalue weighted by Crippen LogP contribution is -2.21. The number of carbonyl (C=O) groups excluding carboxylic acids is 1. The van der Waals surface area contributed by atoms with Gasteiger partial charge in [0.2, 0.25) is 0 Å². The molecule has 12 heteroatoms. The number of halogens is 6. The Labute approximate surface area is 181 Å². The number of hydrogen-bond donors (Lipinski definition) is 2. The Hall–Kier alpha value is -3.15. The fourth-order valence-electron chi connectivity index (χ4n) is 2.93. The Morgan fingerprint density at radius 3 is 2.19 bits per heavy atom. The summed E-state index contributed by atoms with van der Waals surface area (Å²) in [6.45, 7) is 0.422. The minimum absolute atomic E-state index is 0.0278. The van der Waals surface area contributed by atoms with Crippen LogP contribution in [0, 0.1) is 23.3 Å². The highest BCUT2D eigenvalue weighted by molar-refractivity contribution is 8.00. The minimum Gasteiger partial charge on any atom is -0.478 e. The number of alkyl halides is 2. The topological polar surface area (TPSA) is 75.6 Å². The maximum absolute atomic E-state index is 14.7. The van der Waals surface area contributed by atoms with Gasteiger partial charge in [0.1, 0.15) is 11.4 Å². The fourth-order valence-corrected chi connectivity index (χ4v) is 4.04. The Morgan fingerprint density at radius 2 is 1.62 bits per heavy atom. The van der Waals surface area contributed by atoms with Gasteiger partial charge in [-0.1, -0.05) is 12.1 Å². The molecule has 32 heavy (non-hydrogen) atoms. The van der Waals surface area contributed by atoms with Crippen LogP contribution in [0.3, 0.4) is 0 Å². The number of carbonyl (C=O) groups is 2. The zero-order valence-corrected chi connectivity index (χ0v) is 16.9. The Bertz CT molecular complexity index is 1120. The van der Waals surface area contributed by atoms with E-state index in [4.69, 9.17) is 5.11 Å². The van der Waals surface area contributed by atoms with Crippen LogP contribution in [0.25, 0.3) is 11.1 Å². The van der Waals surface area contributed by atoms with Crippen molar-refractivity contribution in [2.75, 3.05) is 16.8 Å². The smallest absolute Gasteiger partial charge is 0.394 e. The molecular weight excluding hydrogens is 464 g/mol. The van der Waals surface area contributed by atoms with Gasteiger partial charge in [0, 0.05) is 24.0 Å². The molecule has 1 aliphatic heterocycles. The van der Waals surface area contributed by atoms with Crippen molar-refractivity contribution < 1.29 is 45.8 Å². The number of anilines is 1. The van der Waals surface area contributed by atoms with Gasteiger partial charge in [-0.05, 0) is 17.7 Å². The van der Waals surface area contributed by atoms with Crippen LogP contribution in [-0.4, -0.2) is 34.6 Å². The number of carboxylic acids is 1. The van der Waals surface area contributed by atoms with Crippen LogP contribution >= 0.6 is 11.8 Å². The first kappa shape index (κ1) is 23.5. The normalized spacial score (nSPS) is 14.0. The van der Waals surface area contributed by atoms with E-state index in [1.807, 2.05) is 0 Å². The van der Waals surface area contributed by atoms with Crippen LogP contribution in [-0.2, 0) is 9.59 Å². The molecule has 0 bridgehead atoms. The van der Waals surface area contributed by atoms with Crippen molar-refractivity contribution in [1.29, 1.82) is 0 Å². The van der Waals surface area contributed by atoms with Crippen LogP contribution in [0.4, 0.5) is 32.0 Å². The van der Waals surface area contributed by atoms with E-state index in [1.54, 1.807) is 5.32 Å². The van der Waals surface area contributed by atoms with Gasteiger partial charge in [0.05, 0.1) is 11.1 Å². The maximum Gasteiger partial charge on any atom is 0.394 e. The van der Waals surface area contributed by atoms with Crippen molar-refractivity contribution in [2.24, 2.45) is 0 Å². The summed E-state index contributed by atoms with van der Waals surface area (Å²) in [5.41, 5.74) is -3.74. The minimum atomic E-state index is -3.62. The summed E-state index contributed by atoms with van der Waals surface area (Å²) < 4.78 is 88.8. The molecule has 0 aliphatic carbocycles. The maximum atomic E-state index is 14.7. The molecule has 0 radical (unpaired) electrons. The summed E-state index contributed by atoms with van der Waals surface area (Å²) in [4.78, 5) is 23.4. The quantitative estimate of drug-likeness (QED) is 0.454. The first-order chi connectivity index (χ1) is 14.9. The number of benzene rings is 2. The van der Waals surface area contributed by atoms with Crippen molar-refractivity contribution in [2.45, 2.75) is 13.0 Å². The van der Waals surface area contributed by atoms with Gasteiger partial charge in [-0.25, -0.2) is 22.4 Å². The number of rotatable bonds is 6. The SMILES string of the molecule is CC(F)(F)Oc1cccc(-c2c(F)c(F)c(NC(=O)C3=C(C(=O)O)CSC3)c(F)c2F)c1. The van der Waals surface area contributed by atoms with Crippen molar-refractivity contribution in [3.05, 3.63) is 58.7 Å². The van der Waals surface area contributed by atoms with Gasteiger partial charge in [-0.15, -0.1) is 0 Å². The Morgan fingerprint density at radius 1 is 1.03 bits per heavy atom. The van der Waals surface area contributed by atoms with E-state index >= 15 is 0 Å². The molecule has 1 heterocycles. The molecule has 0 spiro atoms. The van der Waals surface area contributed by atoms with E-state index in [-0.39, 0.29) is 22.7 Å². The second-order valence-electron chi connectivity index (χ2n) is 6.65. The number of aliphatic carboxylic acids is 1. The molecule has 0 saturated carbocycles. The van der Waals surface area contributed by atoms with Crippen LogP contribution < -0.4 is 10.1 Å². The van der Waals surface area contributed by atoms with Gasteiger partial charge >= 0.3 is 12.1 Å². The van der Waals surface area contributed by atoms with Gasteiger partial charge in [-0.3, -0.25) is 4.79 Å². The zero-order valence-electron chi connectivity index (χ0n) is 16.1. The summed E-state index contributed by atoms with van der Waals surface area (Å²) >= 11 is 1.06. The monoisotopic (exact) mass is 477 g/mol. The highest BCUT2D eigenvalue weighted by Gasteiger charge is 2.31. The fraction of sp³-hybridized carbons (Fsp3) is 0.200. The molecular formula is C20H13F6NO4S. The molecule has 170 valence electrons. The third kappa shape index (κ3) is 4.69. The predicted octanol–water partition coefficient (Wildman–Crippen LogP) is 4.97. The highest BCUT2D eigenvalue weighted by atomic mass is 32.2. The van der Waals surface area contributed by atoms with E-state index in [0.717, 1.165) is 36.0 Å². The van der Waals surface area contributed by atoms with E-state index in [9.17, 15) is 35.9 Å². The van der Waals surface area contributed by atoms with Crippen molar-refractivity contribution in [1.82, 2.24) is 0 Å². The molecule has 0 aromatic heterocycles. The number of nitrogens with one attached hydrogen (secondary N) is 1. The van der Waals surface area contributed by atoms with E-state index in [1.165, 1.54) is 0 Å². The van der Waals surface area contributed by atoms with Gasteiger partial charge in [-0.2, -0.15) is 20.5 Å². The largest absolute Gasteiger partial charge is 0.478 e. The zero-order chi connectivity index (χ0) is 23.8. The highest BCUT2D eigenvalue weighted by Crippen LogP contribution is 2.37. The first-order valence-electron chi connectivity index (χ1n) is 8.78. The molecule has 0 saturated heterocycles. The molecule has 2 aromatic carbocycles. The molecule has 2 N–H and O–H groups in total. The standard InChI is InChI=1S/C20H13F6NO4S/c1-20(25,26)31-9-4-2-3-8(5-9)12-13(21)15(23)17(16(24)14(12)22)27-18(28)10-6-32-7-11(10)19(29)30/h2-5H,6-7H2,1H3,(H,27,28)(H,29,30). The molecule has 0 unspecified atom stereocenters. The molecule has 1 amide bonds. The van der Waals surface area contributed by atoms with Crippen LogP contribution in [0.2, 0.25) is 0 Å². The van der Waals surface area contributed by atoms with Crippen LogP contribution in [0.1, 0.15) is 6.92 Å². The van der Waals surface area contributed by atoms with E-state index in [0.29, 0.717) is 6.92 Å². The van der Waals surface area contributed by atoms with Crippen molar-refractivity contribution in [3.63, 3.8) is 0 Å². The second-order valence-corrected chi connectivity index (χ2v) is 7.64. The lowest BCUT2D eigenvalue weighted by atomic mass is 10.0. The molecule has 3 rings (SSSR count). The van der Waals surface area contributed by atoms with Gasteiger partial charge < -0.3 is 15.2 Å². The third-order valence-corrected chi connectivity index (χ3v) is 5.30. The van der Waals surface area contributed by atoms with Crippen LogP contribution in [0.15, 0.2) is 35.4 Å². The lowest BCUT2D eigenvalue weighted by Gasteiger charge is -2.16. The predicted molar refractivity (Wildman–Crippen MR) is 104 cm³/mol. The Kier molecular flexibility index (Phi) is 6.44. The average molecular weight is 477 g/mol. The van der Waals surface area contributed by atoms with Gasteiger partial charge in [0.15, 0.2) is 23.3 Å². The summed E-state index contributed by atoms with van der Waals surface area (Å²) in [5.74, 6) is -11.0. The van der Waals surface area contributed by atoms with Crippen LogP contribution in [0.5, 0.6) is 5.75 Å². The third-order valence-electron chi connectivity index (χ3n) is 4.31. The summed E-state index contributed by atoms with van der Waals surface area (Å²) in [6.07, 6.45) is -3.62. The van der Waals surface area contributed by atoms with E-state index in [2.05, 4.69) is 4.74 Å².